The second kappa shape index (κ2) is 9.74. The fraction of sp³-hybridized carbons (Fsp3) is 0.174. The number of hydrogen-bond donors (Lipinski definition) is 2. The summed E-state index contributed by atoms with van der Waals surface area (Å²) in [7, 11) is 1.57. The number of aryl methyl sites for hydroxylation is 1. The minimum absolute atomic E-state index is 0.250. The summed E-state index contributed by atoms with van der Waals surface area (Å²) >= 11 is 12.4. The van der Waals surface area contributed by atoms with Crippen molar-refractivity contribution in [1.82, 2.24) is 0 Å². The van der Waals surface area contributed by atoms with Gasteiger partial charge in [0.15, 0.2) is 11.5 Å². The first-order valence-corrected chi connectivity index (χ1v) is 9.94. The van der Waals surface area contributed by atoms with Crippen LogP contribution in [0.4, 0.5) is 5.69 Å². The number of methoxy groups -OCH3 is 1. The third-order valence-electron chi connectivity index (χ3n) is 4.58. The lowest BCUT2D eigenvalue weighted by molar-refractivity contribution is 0.0697. The highest BCUT2D eigenvalue weighted by Crippen LogP contribution is 2.34. The predicted molar refractivity (Wildman–Crippen MR) is 119 cm³/mol. The van der Waals surface area contributed by atoms with Gasteiger partial charge in [-0.2, -0.15) is 0 Å². The van der Waals surface area contributed by atoms with Crippen LogP contribution in [0.1, 0.15) is 27.0 Å². The van der Waals surface area contributed by atoms with Gasteiger partial charge in [0.25, 0.3) is 0 Å². The number of aromatic carboxylic acids is 1. The van der Waals surface area contributed by atoms with E-state index in [9.17, 15) is 4.79 Å². The number of anilines is 1. The van der Waals surface area contributed by atoms with Crippen molar-refractivity contribution in [3.63, 3.8) is 0 Å². The number of hydrogen-bond acceptors (Lipinski definition) is 4. The topological polar surface area (TPSA) is 67.8 Å². The van der Waals surface area contributed by atoms with Gasteiger partial charge in [-0.3, -0.25) is 0 Å². The molecule has 0 aliphatic rings. The van der Waals surface area contributed by atoms with Crippen LogP contribution in [0.25, 0.3) is 0 Å². The minimum atomic E-state index is -0.952. The first-order valence-electron chi connectivity index (χ1n) is 9.19. The molecule has 7 heteroatoms. The maximum Gasteiger partial charge on any atom is 0.335 e. The zero-order valence-corrected chi connectivity index (χ0v) is 18.1. The van der Waals surface area contributed by atoms with Crippen LogP contribution in [-0.4, -0.2) is 18.2 Å². The number of carbonyl (C=O) groups is 1. The summed E-state index contributed by atoms with van der Waals surface area (Å²) in [5.74, 6) is 0.165. The Morgan fingerprint density at radius 3 is 2.40 bits per heavy atom. The molecule has 0 saturated heterocycles. The summed E-state index contributed by atoms with van der Waals surface area (Å²) in [6, 6.07) is 15.9. The maximum atomic E-state index is 11.1. The van der Waals surface area contributed by atoms with Crippen LogP contribution in [0.5, 0.6) is 11.5 Å². The molecular formula is C23H21Cl2NO4. The fourth-order valence-electron chi connectivity index (χ4n) is 2.91. The summed E-state index contributed by atoms with van der Waals surface area (Å²) in [6.07, 6.45) is 0. The van der Waals surface area contributed by atoms with Gasteiger partial charge in [-0.25, -0.2) is 4.79 Å². The number of nitrogens with one attached hydrogen (secondary N) is 1. The van der Waals surface area contributed by atoms with E-state index >= 15 is 0 Å². The third kappa shape index (κ3) is 5.38. The molecule has 0 bridgehead atoms. The lowest BCUT2D eigenvalue weighted by Crippen LogP contribution is -2.05. The van der Waals surface area contributed by atoms with E-state index in [1.54, 1.807) is 31.4 Å². The van der Waals surface area contributed by atoms with Gasteiger partial charge >= 0.3 is 5.97 Å². The average Bonchev–Trinajstić information content (AvgIpc) is 2.73. The zero-order valence-electron chi connectivity index (χ0n) is 16.5. The van der Waals surface area contributed by atoms with Crippen LogP contribution in [0.2, 0.25) is 10.0 Å². The smallest absolute Gasteiger partial charge is 0.335 e. The van der Waals surface area contributed by atoms with E-state index in [1.807, 2.05) is 37.3 Å². The third-order valence-corrected chi connectivity index (χ3v) is 5.19. The molecule has 0 fully saturated rings. The van der Waals surface area contributed by atoms with Gasteiger partial charge in [-0.05, 0) is 60.0 Å². The molecule has 0 aliphatic carbocycles. The molecule has 5 nitrogen and oxygen atoms in total. The summed E-state index contributed by atoms with van der Waals surface area (Å²) in [4.78, 5) is 11.1. The van der Waals surface area contributed by atoms with Gasteiger partial charge in [0.2, 0.25) is 0 Å². The Labute approximate surface area is 185 Å². The van der Waals surface area contributed by atoms with Crippen molar-refractivity contribution in [2.75, 3.05) is 12.4 Å². The molecule has 2 N–H and O–H groups in total. The highest BCUT2D eigenvalue weighted by Gasteiger charge is 2.12. The molecule has 0 radical (unpaired) electrons. The Hall–Kier alpha value is -2.89. The molecule has 0 spiro atoms. The molecule has 0 amide bonds. The van der Waals surface area contributed by atoms with Crippen LogP contribution in [0.3, 0.4) is 0 Å². The van der Waals surface area contributed by atoms with Crippen LogP contribution in [-0.2, 0) is 13.2 Å². The van der Waals surface area contributed by atoms with Crippen LogP contribution < -0.4 is 14.8 Å². The van der Waals surface area contributed by atoms with Crippen molar-refractivity contribution in [3.8, 4) is 11.5 Å². The van der Waals surface area contributed by atoms with E-state index in [-0.39, 0.29) is 5.56 Å². The Morgan fingerprint density at radius 1 is 1.03 bits per heavy atom. The standard InChI is InChI=1S/C23H21Cl2NO4/c1-14-9-16(23(27)28)5-8-20(14)26-12-17-10-21(29-2)22(11-19(17)25)30-13-15-3-6-18(24)7-4-15/h3-11,26H,12-13H2,1-2H3,(H,27,28). The number of ether oxygens (including phenoxy) is 2. The Balaban J connectivity index is 1.72. The minimum Gasteiger partial charge on any atom is -0.493 e. The molecule has 3 aromatic rings. The van der Waals surface area contributed by atoms with E-state index in [1.165, 1.54) is 0 Å². The molecule has 0 aromatic heterocycles. The maximum absolute atomic E-state index is 11.1. The van der Waals surface area contributed by atoms with E-state index < -0.39 is 5.97 Å². The van der Waals surface area contributed by atoms with Crippen molar-refractivity contribution >= 4 is 34.9 Å². The van der Waals surface area contributed by atoms with Crippen molar-refractivity contribution in [2.45, 2.75) is 20.1 Å². The van der Waals surface area contributed by atoms with Gasteiger partial charge in [0.05, 0.1) is 12.7 Å². The van der Waals surface area contributed by atoms with Gasteiger partial charge in [-0.1, -0.05) is 35.3 Å². The number of halogens is 2. The van der Waals surface area contributed by atoms with Crippen LogP contribution in [0, 0.1) is 6.92 Å². The molecule has 0 unspecified atom stereocenters. The molecule has 0 heterocycles. The van der Waals surface area contributed by atoms with Gasteiger partial charge < -0.3 is 19.9 Å². The number of benzene rings is 3. The van der Waals surface area contributed by atoms with Crippen molar-refractivity contribution in [3.05, 3.63) is 86.9 Å². The number of carboxylic acids is 1. The Bertz CT molecular complexity index is 1050. The highest BCUT2D eigenvalue weighted by molar-refractivity contribution is 6.31. The van der Waals surface area contributed by atoms with Gasteiger partial charge in [0.1, 0.15) is 6.61 Å². The van der Waals surface area contributed by atoms with Crippen molar-refractivity contribution < 1.29 is 19.4 Å². The van der Waals surface area contributed by atoms with Gasteiger partial charge in [-0.15, -0.1) is 0 Å². The van der Waals surface area contributed by atoms with E-state index in [0.717, 1.165) is 22.4 Å². The molecule has 3 aromatic carbocycles. The van der Waals surface area contributed by atoms with Crippen molar-refractivity contribution in [2.24, 2.45) is 0 Å². The summed E-state index contributed by atoms with van der Waals surface area (Å²) < 4.78 is 11.3. The van der Waals surface area contributed by atoms with E-state index in [4.69, 9.17) is 37.8 Å². The van der Waals surface area contributed by atoms with E-state index in [2.05, 4.69) is 5.32 Å². The molecule has 30 heavy (non-hydrogen) atoms. The second-order valence-electron chi connectivity index (χ2n) is 6.70. The average molecular weight is 446 g/mol. The molecule has 0 aliphatic heterocycles. The fourth-order valence-corrected chi connectivity index (χ4v) is 3.26. The SMILES string of the molecule is COc1cc(CNc2ccc(C(=O)O)cc2C)c(Cl)cc1OCc1ccc(Cl)cc1. The summed E-state index contributed by atoms with van der Waals surface area (Å²) in [5, 5.41) is 13.6. The zero-order chi connectivity index (χ0) is 21.7. The normalized spacial score (nSPS) is 10.5. The molecule has 3 rings (SSSR count). The number of carboxylic acid groups (broad SMARTS) is 1. The molecule has 0 atom stereocenters. The lowest BCUT2D eigenvalue weighted by Gasteiger charge is -2.15. The van der Waals surface area contributed by atoms with Crippen molar-refractivity contribution in [1.29, 1.82) is 0 Å². The van der Waals surface area contributed by atoms with E-state index in [0.29, 0.717) is 34.7 Å². The highest BCUT2D eigenvalue weighted by atomic mass is 35.5. The molecule has 156 valence electrons. The van der Waals surface area contributed by atoms with Crippen LogP contribution in [0.15, 0.2) is 54.6 Å². The Morgan fingerprint density at radius 2 is 1.77 bits per heavy atom. The monoisotopic (exact) mass is 445 g/mol. The van der Waals surface area contributed by atoms with Crippen LogP contribution >= 0.6 is 23.2 Å². The molecule has 0 saturated carbocycles. The number of rotatable bonds is 8. The largest absolute Gasteiger partial charge is 0.493 e. The Kier molecular flexibility index (Phi) is 7.08. The summed E-state index contributed by atoms with van der Waals surface area (Å²) in [6.45, 7) is 2.65. The summed E-state index contributed by atoms with van der Waals surface area (Å²) in [5.41, 5.74) is 3.72. The predicted octanol–water partition coefficient (Wildman–Crippen LogP) is 6.20. The first kappa shape index (κ1) is 21.8. The quantitative estimate of drug-likeness (QED) is 0.431. The first-order chi connectivity index (χ1) is 14.4. The lowest BCUT2D eigenvalue weighted by atomic mass is 10.1. The molecular weight excluding hydrogens is 425 g/mol. The van der Waals surface area contributed by atoms with Gasteiger partial charge in [0, 0.05) is 28.3 Å². The second-order valence-corrected chi connectivity index (χ2v) is 7.54.